The fourth-order valence-electron chi connectivity index (χ4n) is 4.49. The quantitative estimate of drug-likeness (QED) is 0.642. The molecule has 4 unspecified atom stereocenters. The van der Waals surface area contributed by atoms with Gasteiger partial charge in [-0.25, -0.2) is 0 Å². The van der Waals surface area contributed by atoms with Gasteiger partial charge in [-0.2, -0.15) is 0 Å². The predicted molar refractivity (Wildman–Crippen MR) is 84.0 cm³/mol. The fraction of sp³-hybridized carbons (Fsp3) is 0.667. The zero-order valence-electron chi connectivity index (χ0n) is 12.6. The maximum absolute atomic E-state index is 5.89. The molecule has 0 aliphatic heterocycles. The van der Waals surface area contributed by atoms with Gasteiger partial charge in [0.1, 0.15) is 0 Å². The smallest absolute Gasteiger partial charge is 0.0488 e. The normalized spacial score (nSPS) is 31.6. The molecule has 0 bridgehead atoms. The molecule has 2 heteroatoms. The third-order valence-electron chi connectivity index (χ3n) is 5.67. The van der Waals surface area contributed by atoms with Crippen LogP contribution < -0.4 is 11.3 Å². The number of rotatable bonds is 3. The summed E-state index contributed by atoms with van der Waals surface area (Å²) in [6.45, 7) is 2.14. The average molecular weight is 272 g/mol. The summed E-state index contributed by atoms with van der Waals surface area (Å²) in [5, 5.41) is 0. The van der Waals surface area contributed by atoms with Gasteiger partial charge in [0.05, 0.1) is 0 Å². The second-order valence-corrected chi connectivity index (χ2v) is 6.93. The number of fused-ring (bicyclic) bond motifs is 1. The molecule has 4 atom stereocenters. The molecule has 1 aromatic carbocycles. The van der Waals surface area contributed by atoms with E-state index in [2.05, 4.69) is 36.6 Å². The first kappa shape index (κ1) is 14.1. The topological polar surface area (TPSA) is 38.0 Å². The molecule has 0 amide bonds. The third kappa shape index (κ3) is 2.91. The molecule has 1 aromatic rings. The summed E-state index contributed by atoms with van der Waals surface area (Å²) < 4.78 is 0. The first-order chi connectivity index (χ1) is 9.78. The molecule has 20 heavy (non-hydrogen) atoms. The van der Waals surface area contributed by atoms with Crippen LogP contribution in [0.3, 0.4) is 0 Å². The van der Waals surface area contributed by atoms with E-state index in [1.807, 2.05) is 0 Å². The van der Waals surface area contributed by atoms with Crippen LogP contribution in [0.5, 0.6) is 0 Å². The van der Waals surface area contributed by atoms with Crippen molar-refractivity contribution in [3.8, 4) is 0 Å². The lowest BCUT2D eigenvalue weighted by atomic mass is 9.65. The molecular formula is C18H28N2. The van der Waals surface area contributed by atoms with Crippen molar-refractivity contribution in [1.29, 1.82) is 0 Å². The largest absolute Gasteiger partial charge is 0.271 e. The molecule has 3 N–H and O–H groups in total. The lowest BCUT2D eigenvalue weighted by molar-refractivity contribution is 0.109. The van der Waals surface area contributed by atoms with Crippen LogP contribution in [0.4, 0.5) is 0 Å². The summed E-state index contributed by atoms with van der Waals surface area (Å²) in [6.07, 6.45) is 9.95. The summed E-state index contributed by atoms with van der Waals surface area (Å²) in [5.74, 6) is 8.57. The van der Waals surface area contributed by atoms with Gasteiger partial charge in [-0.1, -0.05) is 55.5 Å². The molecule has 2 saturated carbocycles. The average Bonchev–Trinajstić information content (AvgIpc) is 2.50. The highest BCUT2D eigenvalue weighted by molar-refractivity contribution is 5.24. The maximum Gasteiger partial charge on any atom is 0.0488 e. The van der Waals surface area contributed by atoms with Gasteiger partial charge in [0, 0.05) is 6.04 Å². The van der Waals surface area contributed by atoms with Crippen molar-refractivity contribution < 1.29 is 0 Å². The summed E-state index contributed by atoms with van der Waals surface area (Å²) in [4.78, 5) is 0. The molecular weight excluding hydrogens is 244 g/mol. The first-order valence-electron chi connectivity index (χ1n) is 8.30. The van der Waals surface area contributed by atoms with Crippen LogP contribution in [0.15, 0.2) is 24.3 Å². The zero-order chi connectivity index (χ0) is 13.9. The van der Waals surface area contributed by atoms with Crippen molar-refractivity contribution in [1.82, 2.24) is 5.43 Å². The van der Waals surface area contributed by atoms with Crippen molar-refractivity contribution in [2.24, 2.45) is 23.6 Å². The van der Waals surface area contributed by atoms with E-state index in [9.17, 15) is 0 Å². The van der Waals surface area contributed by atoms with E-state index in [4.69, 9.17) is 5.84 Å². The van der Waals surface area contributed by atoms with Gasteiger partial charge in [0.2, 0.25) is 0 Å². The number of nitrogens with one attached hydrogen (secondary N) is 1. The lowest BCUT2D eigenvalue weighted by Gasteiger charge is -2.42. The fourth-order valence-corrected chi connectivity index (χ4v) is 4.49. The second kappa shape index (κ2) is 6.28. The van der Waals surface area contributed by atoms with Crippen LogP contribution in [0.2, 0.25) is 0 Å². The Balaban J connectivity index is 1.71. The Hall–Kier alpha value is -0.860. The van der Waals surface area contributed by atoms with E-state index in [1.165, 1.54) is 56.1 Å². The molecule has 0 heterocycles. The minimum Gasteiger partial charge on any atom is -0.271 e. The van der Waals surface area contributed by atoms with E-state index in [1.54, 1.807) is 0 Å². The number of hydrazine groups is 1. The van der Waals surface area contributed by atoms with Crippen LogP contribution in [-0.4, -0.2) is 0 Å². The summed E-state index contributed by atoms with van der Waals surface area (Å²) >= 11 is 0. The lowest BCUT2D eigenvalue weighted by Crippen LogP contribution is -2.38. The zero-order valence-corrected chi connectivity index (χ0v) is 12.6. The van der Waals surface area contributed by atoms with Gasteiger partial charge in [-0.05, 0) is 49.5 Å². The van der Waals surface area contributed by atoms with Gasteiger partial charge in [0.25, 0.3) is 0 Å². The number of benzene rings is 1. The van der Waals surface area contributed by atoms with Gasteiger partial charge in [-0.15, -0.1) is 0 Å². The van der Waals surface area contributed by atoms with E-state index >= 15 is 0 Å². The van der Waals surface area contributed by atoms with Gasteiger partial charge < -0.3 is 0 Å². The molecule has 2 aliphatic carbocycles. The molecule has 0 saturated heterocycles. The van der Waals surface area contributed by atoms with Crippen LogP contribution in [0.25, 0.3) is 0 Å². The minimum absolute atomic E-state index is 0.332. The van der Waals surface area contributed by atoms with Crippen LogP contribution in [0, 0.1) is 24.7 Å². The van der Waals surface area contributed by atoms with Crippen molar-refractivity contribution in [3.63, 3.8) is 0 Å². The molecule has 0 aromatic heterocycles. The Morgan fingerprint density at radius 3 is 2.40 bits per heavy atom. The summed E-state index contributed by atoms with van der Waals surface area (Å²) in [5.41, 5.74) is 5.78. The highest BCUT2D eigenvalue weighted by atomic mass is 15.2. The number of aryl methyl sites for hydroxylation is 1. The number of hydrogen-bond donors (Lipinski definition) is 2. The molecule has 110 valence electrons. The number of hydrogen-bond acceptors (Lipinski definition) is 2. The second-order valence-electron chi connectivity index (χ2n) is 6.93. The van der Waals surface area contributed by atoms with E-state index in [0.717, 1.165) is 11.8 Å². The standard InChI is InChI=1S/C18H28N2/c1-13-6-8-15(9-7-13)18(20-19)17-11-10-14-4-2-3-5-16(14)12-17/h6-9,14,16-18,20H,2-5,10-12,19H2,1H3. The van der Waals surface area contributed by atoms with E-state index in [0.29, 0.717) is 12.0 Å². The van der Waals surface area contributed by atoms with Crippen LogP contribution in [0.1, 0.15) is 62.1 Å². The summed E-state index contributed by atoms with van der Waals surface area (Å²) in [6, 6.07) is 9.22. The molecule has 0 spiro atoms. The molecule has 2 aliphatic rings. The maximum atomic E-state index is 5.89. The minimum atomic E-state index is 0.332. The third-order valence-corrected chi connectivity index (χ3v) is 5.67. The van der Waals surface area contributed by atoms with Crippen molar-refractivity contribution in [3.05, 3.63) is 35.4 Å². The summed E-state index contributed by atoms with van der Waals surface area (Å²) in [7, 11) is 0. The van der Waals surface area contributed by atoms with Gasteiger partial charge in [-0.3, -0.25) is 11.3 Å². The monoisotopic (exact) mass is 272 g/mol. The molecule has 2 fully saturated rings. The van der Waals surface area contributed by atoms with Crippen molar-refractivity contribution in [2.75, 3.05) is 0 Å². The predicted octanol–water partition coefficient (Wildman–Crippen LogP) is 4.11. The molecule has 2 nitrogen and oxygen atoms in total. The van der Waals surface area contributed by atoms with Gasteiger partial charge >= 0.3 is 0 Å². The Kier molecular flexibility index (Phi) is 4.42. The number of nitrogens with two attached hydrogens (primary N) is 1. The SMILES string of the molecule is Cc1ccc(C(NN)C2CCC3CCCCC3C2)cc1. The van der Waals surface area contributed by atoms with E-state index < -0.39 is 0 Å². The van der Waals surface area contributed by atoms with Crippen LogP contribution in [-0.2, 0) is 0 Å². The van der Waals surface area contributed by atoms with Gasteiger partial charge in [0.15, 0.2) is 0 Å². The Labute approximate surface area is 123 Å². The Morgan fingerprint density at radius 1 is 1.00 bits per heavy atom. The van der Waals surface area contributed by atoms with Crippen LogP contribution >= 0.6 is 0 Å². The van der Waals surface area contributed by atoms with Crippen molar-refractivity contribution in [2.45, 2.75) is 57.9 Å². The van der Waals surface area contributed by atoms with Crippen molar-refractivity contribution >= 4 is 0 Å². The Morgan fingerprint density at radius 2 is 1.70 bits per heavy atom. The highest BCUT2D eigenvalue weighted by Crippen LogP contribution is 2.45. The first-order valence-corrected chi connectivity index (χ1v) is 8.30. The Bertz CT molecular complexity index is 426. The van der Waals surface area contributed by atoms with E-state index in [-0.39, 0.29) is 0 Å². The molecule has 0 radical (unpaired) electrons. The molecule has 3 rings (SSSR count). The highest BCUT2D eigenvalue weighted by Gasteiger charge is 2.35.